The topological polar surface area (TPSA) is 58.4 Å². The molecule has 1 aromatic heterocycles. The van der Waals surface area contributed by atoms with Crippen LogP contribution in [0.2, 0.25) is 0 Å². The fourth-order valence-electron chi connectivity index (χ4n) is 2.34. The summed E-state index contributed by atoms with van der Waals surface area (Å²) in [6, 6.07) is 0. The summed E-state index contributed by atoms with van der Waals surface area (Å²) in [7, 11) is 1.84. The first-order valence-electron chi connectivity index (χ1n) is 6.44. The Bertz CT molecular complexity index is 402. The maximum absolute atomic E-state index is 12.1. The molecule has 5 heteroatoms. The zero-order chi connectivity index (χ0) is 13.1. The lowest BCUT2D eigenvalue weighted by Crippen LogP contribution is -2.28. The zero-order valence-electron chi connectivity index (χ0n) is 11.3. The number of aromatic nitrogens is 1. The van der Waals surface area contributed by atoms with Crippen LogP contribution in [0.1, 0.15) is 29.9 Å². The van der Waals surface area contributed by atoms with Gasteiger partial charge in [0.25, 0.3) is 0 Å². The Morgan fingerprint density at radius 1 is 1.56 bits per heavy atom. The van der Waals surface area contributed by atoms with Crippen LogP contribution in [0.4, 0.5) is 0 Å². The molecule has 0 radical (unpaired) electrons. The summed E-state index contributed by atoms with van der Waals surface area (Å²) >= 11 is 0. The fourth-order valence-corrected chi connectivity index (χ4v) is 2.34. The molecule has 1 aromatic rings. The van der Waals surface area contributed by atoms with Gasteiger partial charge in [0.2, 0.25) is 5.91 Å². The van der Waals surface area contributed by atoms with Gasteiger partial charge in [0, 0.05) is 19.0 Å². The van der Waals surface area contributed by atoms with Gasteiger partial charge < -0.3 is 14.7 Å². The molecule has 1 aliphatic heterocycles. The van der Waals surface area contributed by atoms with Gasteiger partial charge in [-0.25, -0.2) is 0 Å². The predicted molar refractivity (Wildman–Crippen MR) is 68.0 cm³/mol. The molecule has 1 unspecified atom stereocenters. The molecule has 100 valence electrons. The average molecular weight is 251 g/mol. The molecule has 1 saturated heterocycles. The van der Waals surface area contributed by atoms with E-state index >= 15 is 0 Å². The molecule has 0 aliphatic carbocycles. The van der Waals surface area contributed by atoms with Gasteiger partial charge in [-0.3, -0.25) is 4.79 Å². The molecule has 18 heavy (non-hydrogen) atoms. The van der Waals surface area contributed by atoms with E-state index in [2.05, 4.69) is 10.5 Å². The van der Waals surface area contributed by atoms with E-state index in [1.807, 2.05) is 20.9 Å². The molecule has 0 spiro atoms. The molecule has 1 amide bonds. The molecular formula is C13H21N3O2. The van der Waals surface area contributed by atoms with Crippen LogP contribution in [-0.4, -0.2) is 36.1 Å². The lowest BCUT2D eigenvalue weighted by Gasteiger charge is -2.18. The molecule has 0 saturated carbocycles. The van der Waals surface area contributed by atoms with Crippen molar-refractivity contribution in [3.63, 3.8) is 0 Å². The second-order valence-electron chi connectivity index (χ2n) is 5.12. The standard InChI is InChI=1S/C13H21N3O2/c1-9-12(10(2)18-15-9)8-16(3)13(17)6-11-4-5-14-7-11/h11,14H,4-8H2,1-3H3. The summed E-state index contributed by atoms with van der Waals surface area (Å²) in [6.45, 7) is 6.37. The number of carbonyl (C=O) groups is 1. The molecule has 1 N–H and O–H groups in total. The van der Waals surface area contributed by atoms with Gasteiger partial charge in [-0.15, -0.1) is 0 Å². The van der Waals surface area contributed by atoms with Crippen molar-refractivity contribution in [2.24, 2.45) is 5.92 Å². The Labute approximate surface area is 108 Å². The lowest BCUT2D eigenvalue weighted by molar-refractivity contribution is -0.131. The van der Waals surface area contributed by atoms with Crippen LogP contribution < -0.4 is 5.32 Å². The number of nitrogens with one attached hydrogen (secondary N) is 1. The Hall–Kier alpha value is -1.36. The van der Waals surface area contributed by atoms with E-state index in [1.54, 1.807) is 4.90 Å². The summed E-state index contributed by atoms with van der Waals surface area (Å²) < 4.78 is 5.11. The second-order valence-corrected chi connectivity index (χ2v) is 5.12. The number of hydrogen-bond donors (Lipinski definition) is 1. The number of aryl methyl sites for hydroxylation is 2. The molecule has 2 heterocycles. The third kappa shape index (κ3) is 2.90. The Balaban J connectivity index is 1.90. The third-order valence-electron chi connectivity index (χ3n) is 3.63. The van der Waals surface area contributed by atoms with Crippen molar-refractivity contribution in [3.05, 3.63) is 17.0 Å². The Kier molecular flexibility index (Phi) is 4.01. The minimum Gasteiger partial charge on any atom is -0.361 e. The summed E-state index contributed by atoms with van der Waals surface area (Å²) in [5.74, 6) is 1.49. The molecule has 0 aromatic carbocycles. The van der Waals surface area contributed by atoms with E-state index in [0.29, 0.717) is 18.9 Å². The maximum atomic E-state index is 12.1. The Morgan fingerprint density at radius 2 is 2.33 bits per heavy atom. The van der Waals surface area contributed by atoms with Crippen molar-refractivity contribution in [2.75, 3.05) is 20.1 Å². The molecule has 1 atom stereocenters. The molecule has 0 bridgehead atoms. The first-order chi connectivity index (χ1) is 8.58. The van der Waals surface area contributed by atoms with Gasteiger partial charge in [-0.2, -0.15) is 0 Å². The highest BCUT2D eigenvalue weighted by molar-refractivity contribution is 5.76. The quantitative estimate of drug-likeness (QED) is 0.875. The highest BCUT2D eigenvalue weighted by Crippen LogP contribution is 2.17. The van der Waals surface area contributed by atoms with Gasteiger partial charge in [-0.1, -0.05) is 5.16 Å². The zero-order valence-corrected chi connectivity index (χ0v) is 11.3. The summed E-state index contributed by atoms with van der Waals surface area (Å²) in [5, 5.41) is 7.19. The number of carbonyl (C=O) groups excluding carboxylic acids is 1. The second kappa shape index (κ2) is 5.52. The van der Waals surface area contributed by atoms with Gasteiger partial charge in [0.1, 0.15) is 5.76 Å². The largest absolute Gasteiger partial charge is 0.361 e. The molecule has 1 fully saturated rings. The third-order valence-corrected chi connectivity index (χ3v) is 3.63. The van der Waals surface area contributed by atoms with Crippen LogP contribution in [0.3, 0.4) is 0 Å². The first-order valence-corrected chi connectivity index (χ1v) is 6.44. The smallest absolute Gasteiger partial charge is 0.222 e. The van der Waals surface area contributed by atoms with E-state index in [4.69, 9.17) is 4.52 Å². The predicted octanol–water partition coefficient (Wildman–Crippen LogP) is 1.25. The van der Waals surface area contributed by atoms with Crippen molar-refractivity contribution < 1.29 is 9.32 Å². The molecule has 1 aliphatic rings. The highest BCUT2D eigenvalue weighted by Gasteiger charge is 2.21. The highest BCUT2D eigenvalue weighted by atomic mass is 16.5. The van der Waals surface area contributed by atoms with E-state index in [0.717, 1.165) is 36.5 Å². The monoisotopic (exact) mass is 251 g/mol. The lowest BCUT2D eigenvalue weighted by atomic mass is 10.0. The van der Waals surface area contributed by atoms with E-state index in [-0.39, 0.29) is 5.91 Å². The average Bonchev–Trinajstić information content (AvgIpc) is 2.94. The first kappa shape index (κ1) is 13.1. The maximum Gasteiger partial charge on any atom is 0.222 e. The van der Waals surface area contributed by atoms with E-state index < -0.39 is 0 Å². The summed E-state index contributed by atoms with van der Waals surface area (Å²) in [6.07, 6.45) is 1.73. The van der Waals surface area contributed by atoms with Gasteiger partial charge >= 0.3 is 0 Å². The SMILES string of the molecule is Cc1noc(C)c1CN(C)C(=O)CC1CCNC1. The Morgan fingerprint density at radius 3 is 2.89 bits per heavy atom. The number of amides is 1. The van der Waals surface area contributed by atoms with Gasteiger partial charge in [0.15, 0.2) is 0 Å². The van der Waals surface area contributed by atoms with Crippen LogP contribution in [-0.2, 0) is 11.3 Å². The molecular weight excluding hydrogens is 230 g/mol. The normalized spacial score (nSPS) is 19.2. The minimum atomic E-state index is 0.198. The number of rotatable bonds is 4. The number of hydrogen-bond acceptors (Lipinski definition) is 4. The van der Waals surface area contributed by atoms with Crippen LogP contribution in [0, 0.1) is 19.8 Å². The van der Waals surface area contributed by atoms with Crippen molar-refractivity contribution in [1.29, 1.82) is 0 Å². The van der Waals surface area contributed by atoms with Crippen molar-refractivity contribution in [1.82, 2.24) is 15.4 Å². The van der Waals surface area contributed by atoms with Crippen LogP contribution in [0.15, 0.2) is 4.52 Å². The van der Waals surface area contributed by atoms with E-state index in [9.17, 15) is 4.79 Å². The number of nitrogens with zero attached hydrogens (tertiary/aromatic N) is 2. The van der Waals surface area contributed by atoms with Crippen molar-refractivity contribution in [3.8, 4) is 0 Å². The minimum absolute atomic E-state index is 0.198. The van der Waals surface area contributed by atoms with Gasteiger partial charge in [0.05, 0.1) is 12.2 Å². The van der Waals surface area contributed by atoms with Crippen molar-refractivity contribution in [2.45, 2.75) is 33.2 Å². The van der Waals surface area contributed by atoms with Crippen LogP contribution in [0.25, 0.3) is 0 Å². The molecule has 2 rings (SSSR count). The van der Waals surface area contributed by atoms with Crippen LogP contribution >= 0.6 is 0 Å². The summed E-state index contributed by atoms with van der Waals surface area (Å²) in [4.78, 5) is 13.9. The molecule has 5 nitrogen and oxygen atoms in total. The fraction of sp³-hybridized carbons (Fsp3) is 0.692. The van der Waals surface area contributed by atoms with Gasteiger partial charge in [-0.05, 0) is 39.3 Å². The van der Waals surface area contributed by atoms with E-state index in [1.165, 1.54) is 0 Å². The van der Waals surface area contributed by atoms with Crippen molar-refractivity contribution >= 4 is 5.91 Å². The van der Waals surface area contributed by atoms with Crippen LogP contribution in [0.5, 0.6) is 0 Å². The summed E-state index contributed by atoms with van der Waals surface area (Å²) in [5.41, 5.74) is 1.89.